The van der Waals surface area contributed by atoms with E-state index in [4.69, 9.17) is 4.84 Å². The molecule has 1 saturated heterocycles. The molecular formula is C21H24FN5O4S. The molecule has 11 heteroatoms. The number of fused-ring (bicyclic) bond motifs is 1. The molecule has 170 valence electrons. The Labute approximate surface area is 185 Å². The van der Waals surface area contributed by atoms with Crippen molar-refractivity contribution in [2.24, 2.45) is 5.92 Å². The van der Waals surface area contributed by atoms with Crippen LogP contribution in [0.2, 0.25) is 0 Å². The van der Waals surface area contributed by atoms with Gasteiger partial charge in [-0.25, -0.2) is 12.8 Å². The maximum Gasteiger partial charge on any atom is 0.265 e. The number of hydrogen-bond acceptors (Lipinski definition) is 6. The topological polar surface area (TPSA) is 106 Å². The second kappa shape index (κ2) is 8.83. The number of piperidine rings is 1. The molecule has 3 aromatic rings. The number of sulfonamides is 1. The Balaban J connectivity index is 1.49. The number of rotatable bonds is 6. The van der Waals surface area contributed by atoms with E-state index < -0.39 is 28.4 Å². The zero-order chi connectivity index (χ0) is 22.9. The highest BCUT2D eigenvalue weighted by Gasteiger charge is 2.29. The van der Waals surface area contributed by atoms with Crippen molar-refractivity contribution < 1.29 is 22.4 Å². The zero-order valence-corrected chi connectivity index (χ0v) is 18.6. The van der Waals surface area contributed by atoms with Gasteiger partial charge in [0.25, 0.3) is 5.91 Å². The van der Waals surface area contributed by atoms with Gasteiger partial charge in [-0.15, -0.1) is 5.10 Å². The number of halogens is 1. The molecule has 1 N–H and O–H groups in total. The third kappa shape index (κ3) is 4.58. The lowest BCUT2D eigenvalue weighted by Crippen LogP contribution is -2.39. The van der Waals surface area contributed by atoms with Crippen LogP contribution in [0.3, 0.4) is 0 Å². The van der Waals surface area contributed by atoms with Crippen molar-refractivity contribution in [2.45, 2.75) is 31.6 Å². The summed E-state index contributed by atoms with van der Waals surface area (Å²) in [5.74, 6) is -0.649. The summed E-state index contributed by atoms with van der Waals surface area (Å²) in [4.78, 5) is 18.7. The van der Waals surface area contributed by atoms with Gasteiger partial charge in [0, 0.05) is 18.8 Å². The van der Waals surface area contributed by atoms with E-state index in [0.717, 1.165) is 17.7 Å². The Kier molecular flexibility index (Phi) is 6.11. The molecule has 1 aliphatic rings. The maximum absolute atomic E-state index is 13.6. The van der Waals surface area contributed by atoms with Gasteiger partial charge in [-0.05, 0) is 66.8 Å². The fourth-order valence-electron chi connectivity index (χ4n) is 3.63. The monoisotopic (exact) mass is 461 g/mol. The smallest absolute Gasteiger partial charge is 0.265 e. The predicted octanol–water partition coefficient (Wildman–Crippen LogP) is 2.37. The van der Waals surface area contributed by atoms with Crippen LogP contribution in [0.25, 0.3) is 11.0 Å². The number of carbonyl (C=O) groups excluding carboxylic acids is 1. The second-order valence-electron chi connectivity index (χ2n) is 8.01. The first-order valence-electron chi connectivity index (χ1n) is 10.3. The molecule has 2 aromatic carbocycles. The minimum Gasteiger partial charge on any atom is -0.385 e. The summed E-state index contributed by atoms with van der Waals surface area (Å²) in [5, 5.41) is 10.3. The molecule has 1 aliphatic heterocycles. The van der Waals surface area contributed by atoms with Crippen molar-refractivity contribution in [3.05, 3.63) is 47.8 Å². The Hall–Kier alpha value is -3.05. The third-order valence-electron chi connectivity index (χ3n) is 5.42. The SMILES string of the molecule is Cc1ccc(NC(=O)COn2nnc3ccc(S(=O)(=O)N4CCCC(C)C4)cc32)cc1F. The minimum absolute atomic E-state index is 0.117. The van der Waals surface area contributed by atoms with Gasteiger partial charge in [-0.1, -0.05) is 17.8 Å². The number of carbonyl (C=O) groups is 1. The van der Waals surface area contributed by atoms with E-state index in [0.29, 0.717) is 41.3 Å². The van der Waals surface area contributed by atoms with E-state index in [9.17, 15) is 17.6 Å². The highest BCUT2D eigenvalue weighted by atomic mass is 32.2. The summed E-state index contributed by atoms with van der Waals surface area (Å²) in [5.41, 5.74) is 1.52. The first-order valence-corrected chi connectivity index (χ1v) is 11.7. The van der Waals surface area contributed by atoms with Gasteiger partial charge < -0.3 is 10.2 Å². The summed E-state index contributed by atoms with van der Waals surface area (Å²) < 4.78 is 41.3. The number of hydrogen-bond donors (Lipinski definition) is 1. The number of benzene rings is 2. The van der Waals surface area contributed by atoms with Crippen LogP contribution in [0, 0.1) is 18.7 Å². The third-order valence-corrected chi connectivity index (χ3v) is 7.28. The van der Waals surface area contributed by atoms with Crippen LogP contribution in [0.4, 0.5) is 10.1 Å². The number of nitrogens with zero attached hydrogens (tertiary/aromatic N) is 4. The molecule has 0 bridgehead atoms. The van der Waals surface area contributed by atoms with Gasteiger partial charge >= 0.3 is 0 Å². The van der Waals surface area contributed by atoms with Crippen LogP contribution in [0.5, 0.6) is 0 Å². The first-order chi connectivity index (χ1) is 15.2. The second-order valence-corrected chi connectivity index (χ2v) is 9.95. The van der Waals surface area contributed by atoms with Gasteiger partial charge in [0.05, 0.1) is 4.90 Å². The Morgan fingerprint density at radius 3 is 2.84 bits per heavy atom. The molecule has 0 spiro atoms. The van der Waals surface area contributed by atoms with E-state index in [1.54, 1.807) is 25.1 Å². The molecule has 1 atom stereocenters. The van der Waals surface area contributed by atoms with Crippen molar-refractivity contribution in [1.82, 2.24) is 19.5 Å². The fraction of sp³-hybridized carbons (Fsp3) is 0.381. The summed E-state index contributed by atoms with van der Waals surface area (Å²) >= 11 is 0. The molecule has 9 nitrogen and oxygen atoms in total. The lowest BCUT2D eigenvalue weighted by Gasteiger charge is -2.30. The number of nitrogens with one attached hydrogen (secondary N) is 1. The van der Waals surface area contributed by atoms with Gasteiger partial charge in [-0.3, -0.25) is 4.79 Å². The van der Waals surface area contributed by atoms with Crippen LogP contribution in [-0.2, 0) is 14.8 Å². The number of aromatic nitrogens is 3. The molecule has 1 fully saturated rings. The van der Waals surface area contributed by atoms with Crippen molar-refractivity contribution in [3.8, 4) is 0 Å². The molecule has 1 unspecified atom stereocenters. The highest BCUT2D eigenvalue weighted by molar-refractivity contribution is 7.89. The molecule has 0 aliphatic carbocycles. The van der Waals surface area contributed by atoms with E-state index in [2.05, 4.69) is 15.6 Å². The van der Waals surface area contributed by atoms with E-state index in [-0.39, 0.29) is 4.90 Å². The molecule has 2 heterocycles. The summed E-state index contributed by atoms with van der Waals surface area (Å²) in [6, 6.07) is 8.85. The number of anilines is 1. The molecule has 0 saturated carbocycles. The summed E-state index contributed by atoms with van der Waals surface area (Å²) in [6.45, 7) is 4.20. The zero-order valence-electron chi connectivity index (χ0n) is 17.8. The van der Waals surface area contributed by atoms with Crippen LogP contribution in [-0.4, -0.2) is 53.5 Å². The van der Waals surface area contributed by atoms with Crippen LogP contribution < -0.4 is 10.2 Å². The molecule has 32 heavy (non-hydrogen) atoms. The predicted molar refractivity (Wildman–Crippen MR) is 116 cm³/mol. The minimum atomic E-state index is -3.67. The Morgan fingerprint density at radius 2 is 2.09 bits per heavy atom. The lowest BCUT2D eigenvalue weighted by molar-refractivity contribution is -0.121. The summed E-state index contributed by atoms with van der Waals surface area (Å²) in [7, 11) is -3.67. The van der Waals surface area contributed by atoms with Crippen LogP contribution in [0.15, 0.2) is 41.3 Å². The molecule has 4 rings (SSSR count). The van der Waals surface area contributed by atoms with Crippen LogP contribution >= 0.6 is 0 Å². The quantitative estimate of drug-likeness (QED) is 0.604. The van der Waals surface area contributed by atoms with Gasteiger partial charge in [0.2, 0.25) is 10.0 Å². The van der Waals surface area contributed by atoms with Crippen molar-refractivity contribution in [1.29, 1.82) is 0 Å². The van der Waals surface area contributed by atoms with E-state index >= 15 is 0 Å². The highest BCUT2D eigenvalue weighted by Crippen LogP contribution is 2.25. The average Bonchev–Trinajstić information content (AvgIpc) is 3.17. The Bertz CT molecular complexity index is 1260. The number of aryl methyl sites for hydroxylation is 1. The van der Waals surface area contributed by atoms with E-state index in [1.165, 1.54) is 22.5 Å². The molecule has 1 aromatic heterocycles. The van der Waals surface area contributed by atoms with E-state index in [1.807, 2.05) is 6.92 Å². The number of amides is 1. The molecule has 0 radical (unpaired) electrons. The van der Waals surface area contributed by atoms with Gasteiger partial charge in [0.1, 0.15) is 16.9 Å². The van der Waals surface area contributed by atoms with Crippen molar-refractivity contribution in [3.63, 3.8) is 0 Å². The fourth-order valence-corrected chi connectivity index (χ4v) is 5.25. The van der Waals surface area contributed by atoms with Crippen molar-refractivity contribution in [2.75, 3.05) is 25.0 Å². The summed E-state index contributed by atoms with van der Waals surface area (Å²) in [6.07, 6.45) is 1.83. The normalized spacial score (nSPS) is 17.4. The largest absolute Gasteiger partial charge is 0.385 e. The standard InChI is InChI=1S/C21H24FN5O4S/c1-14-4-3-9-26(12-14)32(29,30)17-7-8-19-20(11-17)27(25-24-19)31-13-21(28)23-16-6-5-15(2)18(22)10-16/h5-8,10-11,14H,3-4,9,12-13H2,1-2H3,(H,23,28). The van der Waals surface area contributed by atoms with Crippen LogP contribution in [0.1, 0.15) is 25.3 Å². The molecular weight excluding hydrogens is 437 g/mol. The molecule has 1 amide bonds. The van der Waals surface area contributed by atoms with Crippen molar-refractivity contribution >= 4 is 32.7 Å². The average molecular weight is 462 g/mol. The lowest BCUT2D eigenvalue weighted by atomic mass is 10.0. The Morgan fingerprint density at radius 1 is 1.28 bits per heavy atom. The van der Waals surface area contributed by atoms with Gasteiger partial charge in [0.15, 0.2) is 6.61 Å². The first kappa shape index (κ1) is 22.2. The maximum atomic E-state index is 13.6. The van der Waals surface area contributed by atoms with Gasteiger partial charge in [-0.2, -0.15) is 4.31 Å².